The van der Waals surface area contributed by atoms with Crippen molar-refractivity contribution in [2.24, 2.45) is 5.41 Å². The fourth-order valence-corrected chi connectivity index (χ4v) is 1.37. The van der Waals surface area contributed by atoms with Gasteiger partial charge in [-0.2, -0.15) is 0 Å². The van der Waals surface area contributed by atoms with E-state index < -0.39 is 0 Å². The van der Waals surface area contributed by atoms with Gasteiger partial charge in [0.15, 0.2) is 0 Å². The van der Waals surface area contributed by atoms with Gasteiger partial charge in [-0.05, 0) is 23.8 Å². The van der Waals surface area contributed by atoms with Crippen molar-refractivity contribution < 1.29 is 0 Å². The van der Waals surface area contributed by atoms with Crippen LogP contribution in [0.3, 0.4) is 0 Å². The van der Waals surface area contributed by atoms with Gasteiger partial charge < -0.3 is 0 Å². The van der Waals surface area contributed by atoms with E-state index in [1.165, 1.54) is 18.4 Å². The molecule has 1 rings (SSSR count). The van der Waals surface area contributed by atoms with Crippen LogP contribution in [0.5, 0.6) is 0 Å². The summed E-state index contributed by atoms with van der Waals surface area (Å²) in [6.45, 7) is 8.31. The quantitative estimate of drug-likeness (QED) is 0.501. The molecule has 50 valence electrons. The normalized spacial score (nSPS) is 23.6. The van der Waals surface area contributed by atoms with Crippen molar-refractivity contribution in [2.45, 2.75) is 26.7 Å². The first-order valence-electron chi connectivity index (χ1n) is 3.50. The molecule has 0 unspecified atom stereocenters. The molecule has 9 heavy (non-hydrogen) atoms. The highest BCUT2D eigenvalue weighted by Crippen LogP contribution is 2.37. The molecule has 0 heterocycles. The van der Waals surface area contributed by atoms with Crippen LogP contribution in [0, 0.1) is 5.41 Å². The summed E-state index contributed by atoms with van der Waals surface area (Å²) < 4.78 is 0. The molecule has 0 fully saturated rings. The molecule has 0 aromatic carbocycles. The van der Waals surface area contributed by atoms with Gasteiger partial charge in [0.1, 0.15) is 0 Å². The summed E-state index contributed by atoms with van der Waals surface area (Å²) in [7, 11) is 0. The first-order chi connectivity index (χ1) is 4.17. The van der Waals surface area contributed by atoms with Gasteiger partial charge >= 0.3 is 0 Å². The third-order valence-electron chi connectivity index (χ3n) is 2.13. The predicted molar refractivity (Wildman–Crippen MR) is 41.3 cm³/mol. The SMILES string of the molecule is C=CC1=CCCC1(C)C. The summed E-state index contributed by atoms with van der Waals surface area (Å²) in [5.74, 6) is 0. The van der Waals surface area contributed by atoms with E-state index in [1.54, 1.807) is 0 Å². The van der Waals surface area contributed by atoms with E-state index in [9.17, 15) is 0 Å². The Balaban J connectivity index is 2.80. The molecule has 0 aromatic heterocycles. The zero-order valence-electron chi connectivity index (χ0n) is 6.28. The summed E-state index contributed by atoms with van der Waals surface area (Å²) in [5.41, 5.74) is 1.82. The monoisotopic (exact) mass is 122 g/mol. The van der Waals surface area contributed by atoms with Gasteiger partial charge in [0, 0.05) is 0 Å². The van der Waals surface area contributed by atoms with Crippen molar-refractivity contribution in [3.05, 3.63) is 24.3 Å². The molecule has 0 nitrogen and oxygen atoms in total. The maximum Gasteiger partial charge on any atom is -0.0104 e. The van der Waals surface area contributed by atoms with Gasteiger partial charge in [-0.3, -0.25) is 0 Å². The topological polar surface area (TPSA) is 0 Å². The fraction of sp³-hybridized carbons (Fsp3) is 0.556. The first-order valence-corrected chi connectivity index (χ1v) is 3.50. The van der Waals surface area contributed by atoms with E-state index in [1.807, 2.05) is 6.08 Å². The van der Waals surface area contributed by atoms with E-state index in [0.29, 0.717) is 5.41 Å². The number of rotatable bonds is 1. The molecule has 0 saturated heterocycles. The minimum Gasteiger partial charge on any atom is -0.0988 e. The largest absolute Gasteiger partial charge is 0.0988 e. The Hall–Kier alpha value is -0.520. The molecular weight excluding hydrogens is 108 g/mol. The van der Waals surface area contributed by atoms with Crippen LogP contribution in [0.1, 0.15) is 26.7 Å². The number of allylic oxidation sites excluding steroid dienone is 3. The predicted octanol–water partition coefficient (Wildman–Crippen LogP) is 2.92. The van der Waals surface area contributed by atoms with Crippen molar-refractivity contribution >= 4 is 0 Å². The summed E-state index contributed by atoms with van der Waals surface area (Å²) in [6, 6.07) is 0. The molecule has 0 aliphatic heterocycles. The summed E-state index contributed by atoms with van der Waals surface area (Å²) >= 11 is 0. The molecule has 0 amide bonds. The highest BCUT2D eigenvalue weighted by atomic mass is 14.3. The van der Waals surface area contributed by atoms with Gasteiger partial charge in [0.05, 0.1) is 0 Å². The molecule has 0 aromatic rings. The Kier molecular flexibility index (Phi) is 1.48. The van der Waals surface area contributed by atoms with Gasteiger partial charge in [0.25, 0.3) is 0 Å². The van der Waals surface area contributed by atoms with Crippen LogP contribution in [-0.4, -0.2) is 0 Å². The molecular formula is C9H14. The third kappa shape index (κ3) is 1.07. The van der Waals surface area contributed by atoms with Crippen LogP contribution in [0.15, 0.2) is 24.3 Å². The van der Waals surface area contributed by atoms with Gasteiger partial charge in [-0.1, -0.05) is 32.6 Å². The Bertz CT molecular complexity index is 149. The first kappa shape index (κ1) is 6.60. The second-order valence-corrected chi connectivity index (χ2v) is 3.29. The van der Waals surface area contributed by atoms with Crippen molar-refractivity contribution in [2.75, 3.05) is 0 Å². The summed E-state index contributed by atoms with van der Waals surface area (Å²) in [4.78, 5) is 0. The van der Waals surface area contributed by atoms with Gasteiger partial charge in [-0.15, -0.1) is 0 Å². The van der Waals surface area contributed by atoms with Crippen molar-refractivity contribution in [3.63, 3.8) is 0 Å². The second-order valence-electron chi connectivity index (χ2n) is 3.29. The van der Waals surface area contributed by atoms with Crippen LogP contribution in [0.4, 0.5) is 0 Å². The van der Waals surface area contributed by atoms with E-state index in [2.05, 4.69) is 26.5 Å². The lowest BCUT2D eigenvalue weighted by Crippen LogP contribution is -2.07. The summed E-state index contributed by atoms with van der Waals surface area (Å²) in [6.07, 6.45) is 6.78. The maximum atomic E-state index is 3.77. The minimum atomic E-state index is 0.405. The van der Waals surface area contributed by atoms with Crippen molar-refractivity contribution in [1.82, 2.24) is 0 Å². The Morgan fingerprint density at radius 1 is 1.67 bits per heavy atom. The lowest BCUT2D eigenvalue weighted by molar-refractivity contribution is 0.452. The second kappa shape index (κ2) is 2.02. The van der Waals surface area contributed by atoms with E-state index in [-0.39, 0.29) is 0 Å². The molecule has 0 N–H and O–H groups in total. The lowest BCUT2D eigenvalue weighted by Gasteiger charge is -2.19. The highest BCUT2D eigenvalue weighted by molar-refractivity contribution is 5.27. The molecule has 0 saturated carbocycles. The Labute approximate surface area is 57.3 Å². The zero-order valence-corrected chi connectivity index (χ0v) is 6.28. The summed E-state index contributed by atoms with van der Waals surface area (Å²) in [5, 5.41) is 0. The minimum absolute atomic E-state index is 0.405. The van der Waals surface area contributed by atoms with Crippen LogP contribution in [-0.2, 0) is 0 Å². The Morgan fingerprint density at radius 3 is 2.56 bits per heavy atom. The third-order valence-corrected chi connectivity index (χ3v) is 2.13. The molecule has 0 atom stereocenters. The maximum absolute atomic E-state index is 3.77. The zero-order chi connectivity index (χ0) is 6.91. The van der Waals surface area contributed by atoms with Crippen LogP contribution in [0.25, 0.3) is 0 Å². The molecule has 0 radical (unpaired) electrons. The van der Waals surface area contributed by atoms with E-state index in [4.69, 9.17) is 0 Å². The fourth-order valence-electron chi connectivity index (χ4n) is 1.37. The molecule has 1 aliphatic carbocycles. The highest BCUT2D eigenvalue weighted by Gasteiger charge is 2.24. The van der Waals surface area contributed by atoms with Crippen molar-refractivity contribution in [1.29, 1.82) is 0 Å². The number of hydrogen-bond acceptors (Lipinski definition) is 0. The smallest absolute Gasteiger partial charge is 0.0104 e. The lowest BCUT2D eigenvalue weighted by atomic mass is 9.86. The molecule has 1 aliphatic rings. The van der Waals surface area contributed by atoms with E-state index >= 15 is 0 Å². The van der Waals surface area contributed by atoms with Gasteiger partial charge in [-0.25, -0.2) is 0 Å². The van der Waals surface area contributed by atoms with Crippen LogP contribution >= 0.6 is 0 Å². The average molecular weight is 122 g/mol. The standard InChI is InChI=1S/C9H14/c1-4-8-6-5-7-9(8,2)3/h4,6H,1,5,7H2,2-3H3. The van der Waals surface area contributed by atoms with Gasteiger partial charge in [0.2, 0.25) is 0 Å². The van der Waals surface area contributed by atoms with Crippen LogP contribution in [0.2, 0.25) is 0 Å². The molecule has 0 heteroatoms. The van der Waals surface area contributed by atoms with E-state index in [0.717, 1.165) is 0 Å². The Morgan fingerprint density at radius 2 is 2.33 bits per heavy atom. The molecule has 0 bridgehead atoms. The number of hydrogen-bond donors (Lipinski definition) is 0. The van der Waals surface area contributed by atoms with Crippen LogP contribution < -0.4 is 0 Å². The molecule has 0 spiro atoms. The van der Waals surface area contributed by atoms with Crippen molar-refractivity contribution in [3.8, 4) is 0 Å². The average Bonchev–Trinajstić information content (AvgIpc) is 2.08.